The van der Waals surface area contributed by atoms with Gasteiger partial charge in [0.25, 0.3) is 0 Å². The maximum Gasteiger partial charge on any atom is 0.223 e. The summed E-state index contributed by atoms with van der Waals surface area (Å²) in [6.45, 7) is 4.22. The van der Waals surface area contributed by atoms with Crippen LogP contribution in [0.15, 0.2) is 36.7 Å². The molecule has 6 nitrogen and oxygen atoms in total. The minimum Gasteiger partial charge on any atom is -0.336 e. The number of Topliss-reactive ketones (excluding diaryl/α,β-unsaturated/α-hetero) is 1. The third-order valence-corrected chi connectivity index (χ3v) is 5.10. The number of carbonyl (C=O) groups is 2. The minimum atomic E-state index is -0.0883. The number of ketones is 1. The highest BCUT2D eigenvalue weighted by Gasteiger charge is 2.30. The molecule has 2 heterocycles. The van der Waals surface area contributed by atoms with E-state index in [1.807, 2.05) is 47.0 Å². The fourth-order valence-electron chi connectivity index (χ4n) is 3.59. The smallest absolute Gasteiger partial charge is 0.223 e. The maximum atomic E-state index is 12.8. The van der Waals surface area contributed by atoms with Crippen LogP contribution in [0.25, 0.3) is 0 Å². The van der Waals surface area contributed by atoms with Gasteiger partial charge in [0, 0.05) is 57.5 Å². The molecule has 0 bridgehead atoms. The Labute approximate surface area is 160 Å². The summed E-state index contributed by atoms with van der Waals surface area (Å²) >= 11 is 0. The molecule has 1 atom stereocenters. The second kappa shape index (κ2) is 8.95. The molecule has 144 valence electrons. The monoisotopic (exact) mass is 368 g/mol. The molecule has 2 aromatic rings. The molecule has 1 unspecified atom stereocenters. The third kappa shape index (κ3) is 4.63. The van der Waals surface area contributed by atoms with Crippen molar-refractivity contribution >= 4 is 11.7 Å². The highest BCUT2D eigenvalue weighted by Crippen LogP contribution is 2.22. The number of carbonyl (C=O) groups excluding carboxylic acids is 2. The molecule has 0 saturated carbocycles. The van der Waals surface area contributed by atoms with Crippen molar-refractivity contribution in [3.8, 4) is 0 Å². The van der Waals surface area contributed by atoms with Crippen LogP contribution < -0.4 is 5.32 Å². The lowest BCUT2D eigenvalue weighted by molar-refractivity contribution is -0.134. The molecule has 1 fully saturated rings. The summed E-state index contributed by atoms with van der Waals surface area (Å²) in [6.07, 6.45) is 6.21. The largest absolute Gasteiger partial charge is 0.336 e. The molecule has 0 spiro atoms. The van der Waals surface area contributed by atoms with Crippen molar-refractivity contribution in [2.75, 3.05) is 19.6 Å². The van der Waals surface area contributed by atoms with Crippen LogP contribution in [-0.4, -0.2) is 45.8 Å². The Morgan fingerprint density at radius 3 is 2.67 bits per heavy atom. The molecule has 1 aromatic heterocycles. The van der Waals surface area contributed by atoms with Crippen molar-refractivity contribution in [3.63, 3.8) is 0 Å². The van der Waals surface area contributed by atoms with Crippen molar-refractivity contribution in [2.24, 2.45) is 7.05 Å². The quantitative estimate of drug-likeness (QED) is 0.763. The Balaban J connectivity index is 1.60. The van der Waals surface area contributed by atoms with Gasteiger partial charge in [-0.05, 0) is 12.0 Å². The van der Waals surface area contributed by atoms with Crippen LogP contribution in [0.2, 0.25) is 0 Å². The van der Waals surface area contributed by atoms with Crippen LogP contribution in [0.1, 0.15) is 54.0 Å². The predicted molar refractivity (Wildman–Crippen MR) is 105 cm³/mol. The van der Waals surface area contributed by atoms with Crippen molar-refractivity contribution in [1.82, 2.24) is 19.8 Å². The number of piperazine rings is 1. The fourth-order valence-corrected chi connectivity index (χ4v) is 3.59. The van der Waals surface area contributed by atoms with E-state index in [9.17, 15) is 9.59 Å². The summed E-state index contributed by atoms with van der Waals surface area (Å²) in [5, 5.41) is 3.33. The molecule has 1 saturated heterocycles. The topological polar surface area (TPSA) is 67.2 Å². The molecule has 6 heteroatoms. The van der Waals surface area contributed by atoms with Gasteiger partial charge in [0.1, 0.15) is 11.9 Å². The Morgan fingerprint density at radius 2 is 2.00 bits per heavy atom. The van der Waals surface area contributed by atoms with E-state index in [0.717, 1.165) is 25.2 Å². The average Bonchev–Trinajstić information content (AvgIpc) is 3.12. The fraction of sp³-hybridized carbons (Fsp3) is 0.476. The first-order valence-electron chi connectivity index (χ1n) is 9.69. The van der Waals surface area contributed by atoms with E-state index in [1.54, 1.807) is 6.20 Å². The van der Waals surface area contributed by atoms with Gasteiger partial charge in [-0.3, -0.25) is 9.59 Å². The molecule has 0 radical (unpaired) electrons. The minimum absolute atomic E-state index is 0.0143. The number of hydrogen-bond acceptors (Lipinski definition) is 4. The van der Waals surface area contributed by atoms with E-state index in [-0.39, 0.29) is 30.6 Å². The zero-order valence-electron chi connectivity index (χ0n) is 16.1. The molecule has 3 rings (SSSR count). The molecular weight excluding hydrogens is 340 g/mol. The van der Waals surface area contributed by atoms with Gasteiger partial charge >= 0.3 is 0 Å². The number of aryl methyl sites for hydroxylation is 2. The van der Waals surface area contributed by atoms with Crippen molar-refractivity contribution in [3.05, 3.63) is 53.6 Å². The Bertz CT molecular complexity index is 782. The van der Waals surface area contributed by atoms with Crippen molar-refractivity contribution in [2.45, 2.75) is 38.6 Å². The number of amides is 1. The molecule has 1 aromatic carbocycles. The first-order valence-corrected chi connectivity index (χ1v) is 9.69. The Kier molecular flexibility index (Phi) is 6.40. The molecule has 0 aliphatic carbocycles. The zero-order chi connectivity index (χ0) is 19.2. The van der Waals surface area contributed by atoms with E-state index in [2.05, 4.69) is 17.2 Å². The number of imidazole rings is 1. The Morgan fingerprint density at radius 1 is 1.22 bits per heavy atom. The lowest BCUT2D eigenvalue weighted by Gasteiger charge is -2.35. The first kappa shape index (κ1) is 19.3. The summed E-state index contributed by atoms with van der Waals surface area (Å²) in [4.78, 5) is 31.5. The van der Waals surface area contributed by atoms with Gasteiger partial charge in [-0.15, -0.1) is 0 Å². The van der Waals surface area contributed by atoms with Gasteiger partial charge < -0.3 is 14.8 Å². The number of hydrogen-bond donors (Lipinski definition) is 1. The van der Waals surface area contributed by atoms with Gasteiger partial charge in [-0.1, -0.05) is 37.6 Å². The summed E-state index contributed by atoms with van der Waals surface area (Å²) in [5.74, 6) is 0.906. The number of nitrogens with one attached hydrogen (secondary N) is 1. The highest BCUT2D eigenvalue weighted by atomic mass is 16.2. The number of benzene rings is 1. The van der Waals surface area contributed by atoms with Crippen LogP contribution in [0.3, 0.4) is 0 Å². The molecule has 1 aliphatic heterocycles. The number of nitrogens with zero attached hydrogens (tertiary/aromatic N) is 3. The summed E-state index contributed by atoms with van der Waals surface area (Å²) in [6, 6.07) is 7.67. The molecule has 1 amide bonds. The summed E-state index contributed by atoms with van der Waals surface area (Å²) in [7, 11) is 1.94. The van der Waals surface area contributed by atoms with Crippen LogP contribution in [0.5, 0.6) is 0 Å². The highest BCUT2D eigenvalue weighted by molar-refractivity contribution is 5.98. The average molecular weight is 368 g/mol. The van der Waals surface area contributed by atoms with Crippen LogP contribution in [-0.2, 0) is 18.3 Å². The van der Waals surface area contributed by atoms with E-state index in [0.29, 0.717) is 18.7 Å². The maximum absolute atomic E-state index is 12.8. The van der Waals surface area contributed by atoms with Crippen LogP contribution in [0.4, 0.5) is 0 Å². The van der Waals surface area contributed by atoms with E-state index in [4.69, 9.17) is 0 Å². The van der Waals surface area contributed by atoms with Crippen LogP contribution in [0, 0.1) is 0 Å². The lowest BCUT2D eigenvalue weighted by atomic mass is 10.0. The summed E-state index contributed by atoms with van der Waals surface area (Å²) < 4.78 is 1.95. The molecule has 1 aliphatic rings. The van der Waals surface area contributed by atoms with E-state index < -0.39 is 0 Å². The van der Waals surface area contributed by atoms with Crippen LogP contribution >= 0.6 is 0 Å². The summed E-state index contributed by atoms with van der Waals surface area (Å²) in [5.41, 5.74) is 1.92. The molecule has 27 heavy (non-hydrogen) atoms. The second-order valence-corrected chi connectivity index (χ2v) is 7.07. The Hall–Kier alpha value is -2.47. The number of aromatic nitrogens is 2. The van der Waals surface area contributed by atoms with E-state index in [1.165, 1.54) is 5.56 Å². The lowest BCUT2D eigenvalue weighted by Crippen LogP contribution is -2.49. The zero-order valence-corrected chi connectivity index (χ0v) is 16.1. The normalized spacial score (nSPS) is 17.1. The van der Waals surface area contributed by atoms with Gasteiger partial charge in [-0.25, -0.2) is 4.98 Å². The van der Waals surface area contributed by atoms with Gasteiger partial charge in [-0.2, -0.15) is 0 Å². The van der Waals surface area contributed by atoms with Crippen molar-refractivity contribution in [1.29, 1.82) is 0 Å². The van der Waals surface area contributed by atoms with Gasteiger partial charge in [0.2, 0.25) is 5.91 Å². The van der Waals surface area contributed by atoms with Gasteiger partial charge in [0.05, 0.1) is 0 Å². The first-order chi connectivity index (χ1) is 13.1. The standard InChI is InChI=1S/C21H28N4O2/c1-3-4-16-5-7-17(8-6-16)19(26)9-10-20(27)25-14-11-22-15-18(25)21-23-12-13-24(21)2/h5-8,12-13,18,22H,3-4,9-11,14-15H2,1-2H3. The van der Waals surface area contributed by atoms with Gasteiger partial charge in [0.15, 0.2) is 5.78 Å². The molecule has 1 N–H and O–H groups in total. The predicted octanol–water partition coefficient (Wildman–Crippen LogP) is 2.51. The van der Waals surface area contributed by atoms with Crippen molar-refractivity contribution < 1.29 is 9.59 Å². The third-order valence-electron chi connectivity index (χ3n) is 5.10. The second-order valence-electron chi connectivity index (χ2n) is 7.07. The SMILES string of the molecule is CCCc1ccc(C(=O)CCC(=O)N2CCNCC2c2nccn2C)cc1. The number of rotatable bonds is 7. The molecular formula is C21H28N4O2. The van der Waals surface area contributed by atoms with E-state index >= 15 is 0 Å².